The molecular formula is C18H28N2O4. The molecule has 1 fully saturated rings. The molecule has 0 radical (unpaired) electrons. The van der Waals surface area contributed by atoms with Gasteiger partial charge in [-0.05, 0) is 24.3 Å². The molecule has 24 heavy (non-hydrogen) atoms. The molecule has 0 bridgehead atoms. The average Bonchev–Trinajstić information content (AvgIpc) is 2.62. The van der Waals surface area contributed by atoms with Crippen molar-refractivity contribution in [3.8, 4) is 0 Å². The van der Waals surface area contributed by atoms with Crippen LogP contribution in [0.25, 0.3) is 0 Å². The first-order valence-electron chi connectivity index (χ1n) is 8.46. The van der Waals surface area contributed by atoms with Crippen LogP contribution in [0, 0.1) is 5.92 Å². The molecule has 2 unspecified atom stereocenters. The van der Waals surface area contributed by atoms with Gasteiger partial charge in [-0.15, -0.1) is 0 Å². The van der Waals surface area contributed by atoms with Crippen LogP contribution in [0.5, 0.6) is 0 Å². The van der Waals surface area contributed by atoms with Gasteiger partial charge in [0.1, 0.15) is 0 Å². The summed E-state index contributed by atoms with van der Waals surface area (Å²) in [5.41, 5.74) is 7.14. The Morgan fingerprint density at radius 3 is 2.71 bits per heavy atom. The molecular weight excluding hydrogens is 308 g/mol. The lowest BCUT2D eigenvalue weighted by Crippen LogP contribution is -2.49. The number of hydrogen-bond donors (Lipinski definition) is 2. The highest BCUT2D eigenvalue weighted by molar-refractivity contribution is 5.81. The van der Waals surface area contributed by atoms with Gasteiger partial charge in [-0.25, -0.2) is 0 Å². The molecule has 0 saturated carbocycles. The maximum absolute atomic E-state index is 12.4. The molecule has 0 aliphatic carbocycles. The van der Waals surface area contributed by atoms with E-state index in [-0.39, 0.29) is 25.0 Å². The smallest absolute Gasteiger partial charge is 0.239 e. The Kier molecular flexibility index (Phi) is 7.65. The van der Waals surface area contributed by atoms with E-state index in [1.807, 2.05) is 30.3 Å². The average molecular weight is 336 g/mol. The summed E-state index contributed by atoms with van der Waals surface area (Å²) >= 11 is 0. The van der Waals surface area contributed by atoms with Gasteiger partial charge >= 0.3 is 0 Å². The van der Waals surface area contributed by atoms with Crippen LogP contribution in [0.4, 0.5) is 0 Å². The monoisotopic (exact) mass is 336 g/mol. The first-order chi connectivity index (χ1) is 11.6. The molecule has 3 N–H and O–H groups in total. The summed E-state index contributed by atoms with van der Waals surface area (Å²) in [7, 11) is 1.67. The van der Waals surface area contributed by atoms with Crippen molar-refractivity contribution in [2.24, 2.45) is 11.7 Å². The number of benzene rings is 1. The number of amides is 1. The van der Waals surface area contributed by atoms with Gasteiger partial charge in [0.05, 0.1) is 25.4 Å². The zero-order valence-electron chi connectivity index (χ0n) is 14.3. The second-order valence-electron chi connectivity index (χ2n) is 6.35. The minimum absolute atomic E-state index is 0.135. The minimum Gasteiger partial charge on any atom is -0.389 e. The highest BCUT2D eigenvalue weighted by Crippen LogP contribution is 2.18. The lowest BCUT2D eigenvalue weighted by molar-refractivity contribution is -0.135. The fourth-order valence-electron chi connectivity index (χ4n) is 2.88. The second kappa shape index (κ2) is 9.74. The van der Waals surface area contributed by atoms with Crippen molar-refractivity contribution >= 4 is 5.91 Å². The molecule has 1 aromatic rings. The minimum atomic E-state index is -0.732. The highest BCUT2D eigenvalue weighted by Gasteiger charge is 2.29. The van der Waals surface area contributed by atoms with Gasteiger partial charge in [0.15, 0.2) is 0 Å². The molecule has 2 atom stereocenters. The first-order valence-corrected chi connectivity index (χ1v) is 8.46. The first kappa shape index (κ1) is 18.9. The Morgan fingerprint density at radius 2 is 2.04 bits per heavy atom. The summed E-state index contributed by atoms with van der Waals surface area (Å²) in [6.07, 6.45) is 0.886. The number of hydrogen-bond acceptors (Lipinski definition) is 5. The van der Waals surface area contributed by atoms with Gasteiger partial charge in [-0.3, -0.25) is 4.79 Å². The van der Waals surface area contributed by atoms with Crippen molar-refractivity contribution < 1.29 is 19.4 Å². The maximum Gasteiger partial charge on any atom is 0.239 e. The highest BCUT2D eigenvalue weighted by atomic mass is 16.5. The van der Waals surface area contributed by atoms with Crippen molar-refractivity contribution in [2.75, 3.05) is 33.4 Å². The molecule has 2 rings (SSSR count). The number of ether oxygens (including phenoxy) is 2. The number of nitrogens with zero attached hydrogens (tertiary/aromatic N) is 1. The number of likely N-dealkylation sites (N-methyl/N-ethyl adjacent to an activating group) is 1. The predicted molar refractivity (Wildman–Crippen MR) is 91.3 cm³/mol. The van der Waals surface area contributed by atoms with E-state index in [4.69, 9.17) is 15.2 Å². The molecule has 0 aromatic heterocycles. The predicted octanol–water partition coefficient (Wildman–Crippen LogP) is 0.776. The third kappa shape index (κ3) is 5.87. The summed E-state index contributed by atoms with van der Waals surface area (Å²) in [5.74, 6) is 0.0178. The quantitative estimate of drug-likeness (QED) is 0.733. The van der Waals surface area contributed by atoms with E-state index in [2.05, 4.69) is 0 Å². The summed E-state index contributed by atoms with van der Waals surface area (Å²) in [6, 6.07) is 9.24. The number of aliphatic hydroxyl groups is 1. The lowest BCUT2D eigenvalue weighted by Gasteiger charge is -2.30. The molecule has 0 spiro atoms. The van der Waals surface area contributed by atoms with E-state index < -0.39 is 12.1 Å². The van der Waals surface area contributed by atoms with Crippen LogP contribution in [0.3, 0.4) is 0 Å². The van der Waals surface area contributed by atoms with Crippen LogP contribution in [0.15, 0.2) is 30.3 Å². The molecule has 1 amide bonds. The zero-order valence-corrected chi connectivity index (χ0v) is 14.3. The van der Waals surface area contributed by atoms with Crippen LogP contribution < -0.4 is 5.73 Å². The number of aliphatic hydroxyl groups excluding tert-OH is 1. The van der Waals surface area contributed by atoms with Gasteiger partial charge in [-0.1, -0.05) is 30.3 Å². The largest absolute Gasteiger partial charge is 0.389 e. The fraction of sp³-hybridized carbons (Fsp3) is 0.611. The summed E-state index contributed by atoms with van der Waals surface area (Å²) in [5, 5.41) is 10.1. The summed E-state index contributed by atoms with van der Waals surface area (Å²) in [4.78, 5) is 13.9. The molecule has 6 nitrogen and oxygen atoms in total. The van der Waals surface area contributed by atoms with Gasteiger partial charge < -0.3 is 25.2 Å². The maximum atomic E-state index is 12.4. The Morgan fingerprint density at radius 1 is 1.38 bits per heavy atom. The van der Waals surface area contributed by atoms with E-state index in [0.717, 1.165) is 18.4 Å². The van der Waals surface area contributed by atoms with Crippen molar-refractivity contribution in [1.82, 2.24) is 4.90 Å². The molecule has 134 valence electrons. The van der Waals surface area contributed by atoms with E-state index in [1.54, 1.807) is 7.05 Å². The number of rotatable bonds is 8. The van der Waals surface area contributed by atoms with E-state index in [1.165, 1.54) is 4.90 Å². The Hall–Kier alpha value is -1.47. The second-order valence-corrected chi connectivity index (χ2v) is 6.35. The van der Waals surface area contributed by atoms with Crippen molar-refractivity contribution in [3.63, 3.8) is 0 Å². The van der Waals surface area contributed by atoms with Gasteiger partial charge in [0.2, 0.25) is 5.91 Å². The summed E-state index contributed by atoms with van der Waals surface area (Å²) < 4.78 is 10.8. The normalized spacial score (nSPS) is 18.1. The van der Waals surface area contributed by atoms with Gasteiger partial charge in [-0.2, -0.15) is 0 Å². The van der Waals surface area contributed by atoms with E-state index >= 15 is 0 Å². The topological polar surface area (TPSA) is 85.0 Å². The standard InChI is InChI=1S/C18H28N2O4/c1-20(18(22)17(19)15-7-9-23-10-8-15)11-16(21)13-24-12-14-5-3-2-4-6-14/h2-6,15-17,21H,7-13,19H2,1H3. The lowest BCUT2D eigenvalue weighted by atomic mass is 9.91. The molecule has 1 heterocycles. The van der Waals surface area contributed by atoms with Crippen LogP contribution in [0.1, 0.15) is 18.4 Å². The van der Waals surface area contributed by atoms with E-state index in [9.17, 15) is 9.90 Å². The van der Waals surface area contributed by atoms with Crippen LogP contribution in [-0.4, -0.2) is 61.5 Å². The molecule has 1 saturated heterocycles. The van der Waals surface area contributed by atoms with Crippen molar-refractivity contribution in [1.29, 1.82) is 0 Å². The Labute approximate surface area is 143 Å². The van der Waals surface area contributed by atoms with Crippen LogP contribution >= 0.6 is 0 Å². The van der Waals surface area contributed by atoms with Crippen molar-refractivity contribution in [2.45, 2.75) is 31.6 Å². The Bertz CT molecular complexity index is 491. The Balaban J connectivity index is 1.69. The third-order valence-corrected chi connectivity index (χ3v) is 4.34. The van der Waals surface area contributed by atoms with Crippen LogP contribution in [0.2, 0.25) is 0 Å². The van der Waals surface area contributed by atoms with Crippen LogP contribution in [-0.2, 0) is 20.9 Å². The molecule has 1 aliphatic heterocycles. The molecule has 6 heteroatoms. The van der Waals surface area contributed by atoms with Gasteiger partial charge in [0.25, 0.3) is 0 Å². The van der Waals surface area contributed by atoms with Crippen molar-refractivity contribution in [3.05, 3.63) is 35.9 Å². The number of nitrogens with two attached hydrogens (primary N) is 1. The third-order valence-electron chi connectivity index (χ3n) is 4.34. The molecule has 1 aliphatic rings. The number of carbonyl (C=O) groups is 1. The molecule has 1 aromatic carbocycles. The summed E-state index contributed by atoms with van der Waals surface area (Å²) in [6.45, 7) is 2.15. The van der Waals surface area contributed by atoms with Gasteiger partial charge in [0, 0.05) is 26.8 Å². The zero-order chi connectivity index (χ0) is 17.4. The number of carbonyl (C=O) groups excluding carboxylic acids is 1. The van der Waals surface area contributed by atoms with E-state index in [0.29, 0.717) is 19.8 Å². The fourth-order valence-corrected chi connectivity index (χ4v) is 2.88. The SMILES string of the molecule is CN(CC(O)COCc1ccccc1)C(=O)C(N)C1CCOCC1.